The third-order valence-corrected chi connectivity index (χ3v) is 4.84. The predicted molar refractivity (Wildman–Crippen MR) is 111 cm³/mol. The van der Waals surface area contributed by atoms with Crippen LogP contribution in [-0.4, -0.2) is 11.8 Å². The molecule has 27 heavy (non-hydrogen) atoms. The summed E-state index contributed by atoms with van der Waals surface area (Å²) in [6.45, 7) is 1.47. The summed E-state index contributed by atoms with van der Waals surface area (Å²) in [5, 5.41) is 5.71. The fourth-order valence-electron chi connectivity index (χ4n) is 2.60. The number of carbonyl (C=O) groups is 2. The first-order chi connectivity index (χ1) is 13.1. The third kappa shape index (κ3) is 5.72. The van der Waals surface area contributed by atoms with E-state index in [1.165, 1.54) is 6.92 Å². The normalized spacial score (nSPS) is 10.3. The molecular weight excluding hydrogens is 356 g/mol. The minimum atomic E-state index is -0.183. The summed E-state index contributed by atoms with van der Waals surface area (Å²) in [5.74, 6) is 0.395. The molecule has 2 N–H and O–H groups in total. The fraction of sp³-hybridized carbons (Fsp3) is 0.0909. The van der Waals surface area contributed by atoms with E-state index in [2.05, 4.69) is 22.8 Å². The zero-order valence-electron chi connectivity index (χ0n) is 14.9. The monoisotopic (exact) mass is 376 g/mol. The first kappa shape index (κ1) is 18.7. The lowest BCUT2D eigenvalue weighted by atomic mass is 10.1. The van der Waals surface area contributed by atoms with E-state index < -0.39 is 0 Å². The van der Waals surface area contributed by atoms with Crippen molar-refractivity contribution in [1.29, 1.82) is 0 Å². The molecule has 0 radical (unpaired) electrons. The van der Waals surface area contributed by atoms with Gasteiger partial charge in [-0.2, -0.15) is 0 Å². The van der Waals surface area contributed by atoms with Crippen molar-refractivity contribution in [2.45, 2.75) is 17.6 Å². The van der Waals surface area contributed by atoms with E-state index in [4.69, 9.17) is 0 Å². The van der Waals surface area contributed by atoms with Gasteiger partial charge in [-0.05, 0) is 48.0 Å². The van der Waals surface area contributed by atoms with E-state index in [0.29, 0.717) is 16.9 Å². The molecule has 4 nitrogen and oxygen atoms in total. The molecule has 0 saturated heterocycles. The van der Waals surface area contributed by atoms with Gasteiger partial charge in [0, 0.05) is 34.5 Å². The largest absolute Gasteiger partial charge is 0.326 e. The van der Waals surface area contributed by atoms with Crippen molar-refractivity contribution in [3.63, 3.8) is 0 Å². The topological polar surface area (TPSA) is 58.2 Å². The van der Waals surface area contributed by atoms with Gasteiger partial charge in [-0.15, -0.1) is 11.8 Å². The first-order valence-electron chi connectivity index (χ1n) is 8.56. The van der Waals surface area contributed by atoms with Crippen molar-refractivity contribution in [2.75, 3.05) is 10.6 Å². The van der Waals surface area contributed by atoms with Gasteiger partial charge in [-0.25, -0.2) is 0 Å². The average molecular weight is 376 g/mol. The van der Waals surface area contributed by atoms with Crippen LogP contribution >= 0.6 is 11.8 Å². The van der Waals surface area contributed by atoms with Crippen LogP contribution in [0.15, 0.2) is 83.8 Å². The molecule has 0 heterocycles. The Kier molecular flexibility index (Phi) is 6.28. The van der Waals surface area contributed by atoms with Crippen LogP contribution in [0.1, 0.15) is 22.8 Å². The second-order valence-corrected chi connectivity index (χ2v) is 7.07. The number of thioether (sulfide) groups is 1. The number of amides is 2. The summed E-state index contributed by atoms with van der Waals surface area (Å²) in [5.41, 5.74) is 2.91. The van der Waals surface area contributed by atoms with Gasteiger partial charge in [0.25, 0.3) is 5.91 Å². The van der Waals surface area contributed by atoms with E-state index in [1.54, 1.807) is 30.0 Å². The summed E-state index contributed by atoms with van der Waals surface area (Å²) in [6, 6.07) is 24.8. The molecule has 3 rings (SSSR count). The molecule has 0 bridgehead atoms. The summed E-state index contributed by atoms with van der Waals surface area (Å²) < 4.78 is 0. The average Bonchev–Trinajstić information content (AvgIpc) is 2.67. The van der Waals surface area contributed by atoms with Gasteiger partial charge in [0.1, 0.15) is 0 Å². The van der Waals surface area contributed by atoms with Crippen molar-refractivity contribution >= 4 is 35.0 Å². The number of hydrogen-bond acceptors (Lipinski definition) is 3. The molecule has 3 aromatic rings. The van der Waals surface area contributed by atoms with Gasteiger partial charge in [-0.3, -0.25) is 9.59 Å². The number of anilines is 2. The Labute approximate surface area is 163 Å². The van der Waals surface area contributed by atoms with Gasteiger partial charge < -0.3 is 10.6 Å². The number of benzene rings is 3. The van der Waals surface area contributed by atoms with Crippen LogP contribution in [0.4, 0.5) is 11.4 Å². The molecule has 0 fully saturated rings. The Balaban J connectivity index is 1.79. The molecule has 0 aromatic heterocycles. The quantitative estimate of drug-likeness (QED) is 0.582. The molecule has 0 aliphatic rings. The van der Waals surface area contributed by atoms with Gasteiger partial charge >= 0.3 is 0 Å². The Morgan fingerprint density at radius 3 is 2.04 bits per heavy atom. The lowest BCUT2D eigenvalue weighted by molar-refractivity contribution is -0.114. The summed E-state index contributed by atoms with van der Waals surface area (Å²) in [6.07, 6.45) is 0. The maximum Gasteiger partial charge on any atom is 0.255 e. The Bertz CT molecular complexity index is 928. The van der Waals surface area contributed by atoms with Gasteiger partial charge in [0.15, 0.2) is 0 Å². The highest BCUT2D eigenvalue weighted by Crippen LogP contribution is 2.27. The summed E-state index contributed by atoms with van der Waals surface area (Å²) in [7, 11) is 0. The fourth-order valence-corrected chi connectivity index (χ4v) is 3.45. The second kappa shape index (κ2) is 9.05. The van der Waals surface area contributed by atoms with Crippen LogP contribution in [0.3, 0.4) is 0 Å². The van der Waals surface area contributed by atoms with E-state index in [9.17, 15) is 9.59 Å². The van der Waals surface area contributed by atoms with E-state index in [0.717, 1.165) is 16.2 Å². The number of hydrogen-bond donors (Lipinski definition) is 2. The van der Waals surface area contributed by atoms with E-state index >= 15 is 0 Å². The zero-order valence-corrected chi connectivity index (χ0v) is 15.8. The lowest BCUT2D eigenvalue weighted by Crippen LogP contribution is -2.13. The Morgan fingerprint density at radius 1 is 0.815 bits per heavy atom. The van der Waals surface area contributed by atoms with E-state index in [1.807, 2.05) is 48.5 Å². The minimum Gasteiger partial charge on any atom is -0.326 e. The van der Waals surface area contributed by atoms with Crippen molar-refractivity contribution < 1.29 is 9.59 Å². The molecule has 0 atom stereocenters. The number of rotatable bonds is 6. The van der Waals surface area contributed by atoms with Crippen LogP contribution in [-0.2, 0) is 10.5 Å². The Morgan fingerprint density at radius 2 is 1.41 bits per heavy atom. The van der Waals surface area contributed by atoms with Crippen molar-refractivity contribution in [3.05, 3.63) is 90.0 Å². The molecule has 0 spiro atoms. The standard InChI is InChI=1S/C22H20N2O2S/c1-16(25)23-19-12-17(15-27-21-10-6-3-7-11-21)13-20(14-19)24-22(26)18-8-4-2-5-9-18/h2-14H,15H2,1H3,(H,23,25)(H,24,26). The van der Waals surface area contributed by atoms with Crippen molar-refractivity contribution in [2.24, 2.45) is 0 Å². The van der Waals surface area contributed by atoms with Crippen LogP contribution in [0, 0.1) is 0 Å². The molecule has 0 saturated carbocycles. The minimum absolute atomic E-state index is 0.150. The maximum atomic E-state index is 12.4. The molecule has 5 heteroatoms. The van der Waals surface area contributed by atoms with Crippen molar-refractivity contribution in [3.8, 4) is 0 Å². The third-order valence-electron chi connectivity index (χ3n) is 3.76. The molecule has 3 aromatic carbocycles. The summed E-state index contributed by atoms with van der Waals surface area (Å²) >= 11 is 1.70. The SMILES string of the molecule is CC(=O)Nc1cc(CSc2ccccc2)cc(NC(=O)c2ccccc2)c1. The zero-order chi connectivity index (χ0) is 19.1. The van der Waals surface area contributed by atoms with Crippen LogP contribution in [0.25, 0.3) is 0 Å². The highest BCUT2D eigenvalue weighted by atomic mass is 32.2. The van der Waals surface area contributed by atoms with Crippen LogP contribution in [0.5, 0.6) is 0 Å². The molecular formula is C22H20N2O2S. The lowest BCUT2D eigenvalue weighted by Gasteiger charge is -2.12. The Hall–Kier alpha value is -3.05. The van der Waals surface area contributed by atoms with Crippen LogP contribution < -0.4 is 10.6 Å². The first-order valence-corrected chi connectivity index (χ1v) is 9.54. The molecule has 0 aliphatic carbocycles. The van der Waals surface area contributed by atoms with Gasteiger partial charge in [0.05, 0.1) is 0 Å². The predicted octanol–water partition coefficient (Wildman–Crippen LogP) is 5.19. The van der Waals surface area contributed by atoms with Gasteiger partial charge in [0.2, 0.25) is 5.91 Å². The molecule has 136 valence electrons. The van der Waals surface area contributed by atoms with Crippen LogP contribution in [0.2, 0.25) is 0 Å². The molecule has 0 unspecified atom stereocenters. The van der Waals surface area contributed by atoms with Gasteiger partial charge in [-0.1, -0.05) is 36.4 Å². The highest BCUT2D eigenvalue weighted by molar-refractivity contribution is 7.98. The second-order valence-electron chi connectivity index (χ2n) is 6.02. The van der Waals surface area contributed by atoms with E-state index in [-0.39, 0.29) is 11.8 Å². The summed E-state index contributed by atoms with van der Waals surface area (Å²) in [4.78, 5) is 25.1. The maximum absolute atomic E-state index is 12.4. The molecule has 0 aliphatic heterocycles. The number of nitrogens with one attached hydrogen (secondary N) is 2. The number of carbonyl (C=O) groups excluding carboxylic acids is 2. The van der Waals surface area contributed by atoms with Crippen molar-refractivity contribution in [1.82, 2.24) is 0 Å². The molecule has 2 amide bonds. The smallest absolute Gasteiger partial charge is 0.255 e. The highest BCUT2D eigenvalue weighted by Gasteiger charge is 2.08.